The largest absolute Gasteiger partial charge is 0.497 e. The Morgan fingerprint density at radius 2 is 2.00 bits per heavy atom. The second kappa shape index (κ2) is 6.30. The molecule has 3 rings (SSSR count). The molecule has 1 heterocycles. The molecule has 1 aromatic heterocycles. The van der Waals surface area contributed by atoms with Crippen molar-refractivity contribution in [2.45, 2.75) is 6.54 Å². The van der Waals surface area contributed by atoms with Gasteiger partial charge in [-0.1, -0.05) is 6.07 Å². The van der Waals surface area contributed by atoms with Gasteiger partial charge in [0.15, 0.2) is 0 Å². The van der Waals surface area contributed by atoms with Crippen molar-refractivity contribution in [2.75, 3.05) is 12.4 Å². The fourth-order valence-electron chi connectivity index (χ4n) is 2.04. The van der Waals surface area contributed by atoms with Gasteiger partial charge in [0.2, 0.25) is 5.89 Å². The van der Waals surface area contributed by atoms with E-state index in [4.69, 9.17) is 9.15 Å². The SMILES string of the molecule is COc1ccc(NCc2coc(-c3cccc(F)c3)n2)cc1. The van der Waals surface area contributed by atoms with Gasteiger partial charge in [-0.25, -0.2) is 9.37 Å². The maximum Gasteiger partial charge on any atom is 0.226 e. The predicted octanol–water partition coefficient (Wildman–Crippen LogP) is 4.10. The van der Waals surface area contributed by atoms with Crippen LogP contribution in [0.2, 0.25) is 0 Å². The molecule has 22 heavy (non-hydrogen) atoms. The molecule has 0 aliphatic rings. The Hall–Kier alpha value is -2.82. The number of halogens is 1. The van der Waals surface area contributed by atoms with Gasteiger partial charge in [0.1, 0.15) is 17.8 Å². The van der Waals surface area contributed by atoms with E-state index in [2.05, 4.69) is 10.3 Å². The molecule has 0 radical (unpaired) electrons. The number of nitrogens with one attached hydrogen (secondary N) is 1. The van der Waals surface area contributed by atoms with Crippen LogP contribution < -0.4 is 10.1 Å². The predicted molar refractivity (Wildman–Crippen MR) is 82.2 cm³/mol. The second-order valence-corrected chi connectivity index (χ2v) is 4.74. The summed E-state index contributed by atoms with van der Waals surface area (Å²) >= 11 is 0. The van der Waals surface area contributed by atoms with Crippen LogP contribution in [0.15, 0.2) is 59.2 Å². The number of benzene rings is 2. The number of methoxy groups -OCH3 is 1. The molecular weight excluding hydrogens is 283 g/mol. The van der Waals surface area contributed by atoms with E-state index in [0.29, 0.717) is 18.0 Å². The van der Waals surface area contributed by atoms with Gasteiger partial charge in [-0.05, 0) is 42.5 Å². The number of oxazole rings is 1. The number of hydrogen-bond acceptors (Lipinski definition) is 4. The van der Waals surface area contributed by atoms with Gasteiger partial charge >= 0.3 is 0 Å². The minimum absolute atomic E-state index is 0.311. The summed E-state index contributed by atoms with van der Waals surface area (Å²) < 4.78 is 23.7. The highest BCUT2D eigenvalue weighted by Gasteiger charge is 2.07. The number of ether oxygens (including phenoxy) is 1. The summed E-state index contributed by atoms with van der Waals surface area (Å²) in [5.74, 6) is 0.903. The molecule has 0 atom stereocenters. The minimum Gasteiger partial charge on any atom is -0.497 e. The van der Waals surface area contributed by atoms with Crippen LogP contribution in [0.1, 0.15) is 5.69 Å². The summed E-state index contributed by atoms with van der Waals surface area (Å²) in [7, 11) is 1.63. The summed E-state index contributed by atoms with van der Waals surface area (Å²) in [6.07, 6.45) is 1.57. The summed E-state index contributed by atoms with van der Waals surface area (Å²) in [4.78, 5) is 4.35. The molecule has 0 amide bonds. The van der Waals surface area contributed by atoms with Crippen LogP contribution in [0, 0.1) is 5.82 Å². The van der Waals surface area contributed by atoms with E-state index in [1.807, 2.05) is 24.3 Å². The van der Waals surface area contributed by atoms with Crippen LogP contribution in [-0.4, -0.2) is 12.1 Å². The summed E-state index contributed by atoms with van der Waals surface area (Å²) in [5.41, 5.74) is 2.32. The lowest BCUT2D eigenvalue weighted by atomic mass is 10.2. The molecule has 112 valence electrons. The molecule has 0 saturated carbocycles. The Kier molecular flexibility index (Phi) is 4.05. The summed E-state index contributed by atoms with van der Waals surface area (Å²) in [6, 6.07) is 13.8. The molecule has 0 spiro atoms. The fraction of sp³-hybridized carbons (Fsp3) is 0.118. The van der Waals surface area contributed by atoms with Crippen LogP contribution in [0.4, 0.5) is 10.1 Å². The molecule has 0 saturated heterocycles. The standard InChI is InChI=1S/C17H15FN2O2/c1-21-16-7-5-14(6-8-16)19-10-15-11-22-17(20-15)12-3-2-4-13(18)9-12/h2-9,11,19H,10H2,1H3. The van der Waals surface area contributed by atoms with Crippen molar-refractivity contribution >= 4 is 5.69 Å². The van der Waals surface area contributed by atoms with E-state index < -0.39 is 0 Å². The summed E-state index contributed by atoms with van der Waals surface area (Å²) in [5, 5.41) is 3.24. The van der Waals surface area contributed by atoms with Gasteiger partial charge in [-0.2, -0.15) is 0 Å². The highest BCUT2D eigenvalue weighted by atomic mass is 19.1. The minimum atomic E-state index is -0.311. The van der Waals surface area contributed by atoms with Crippen LogP contribution >= 0.6 is 0 Å². The Morgan fingerprint density at radius 1 is 1.18 bits per heavy atom. The highest BCUT2D eigenvalue weighted by molar-refractivity contribution is 5.53. The number of nitrogens with zero attached hydrogens (tertiary/aromatic N) is 1. The second-order valence-electron chi connectivity index (χ2n) is 4.74. The van der Waals surface area contributed by atoms with Crippen molar-refractivity contribution < 1.29 is 13.5 Å². The lowest BCUT2D eigenvalue weighted by molar-refractivity contribution is 0.415. The number of anilines is 1. The first-order valence-electron chi connectivity index (χ1n) is 6.83. The van der Waals surface area contributed by atoms with E-state index in [-0.39, 0.29) is 5.82 Å². The average Bonchev–Trinajstić information content (AvgIpc) is 3.02. The van der Waals surface area contributed by atoms with Gasteiger partial charge in [0, 0.05) is 11.3 Å². The zero-order valence-corrected chi connectivity index (χ0v) is 12.0. The van der Waals surface area contributed by atoms with Gasteiger partial charge in [0.25, 0.3) is 0 Å². The van der Waals surface area contributed by atoms with E-state index in [1.54, 1.807) is 25.5 Å². The molecule has 2 aromatic carbocycles. The molecule has 0 aliphatic carbocycles. The normalized spacial score (nSPS) is 10.5. The maximum atomic E-state index is 13.2. The lowest BCUT2D eigenvalue weighted by Gasteiger charge is -2.05. The van der Waals surface area contributed by atoms with Crippen molar-refractivity contribution in [1.82, 2.24) is 4.98 Å². The third kappa shape index (κ3) is 3.25. The Labute approximate surface area is 127 Å². The zero-order chi connectivity index (χ0) is 15.4. The molecule has 0 bridgehead atoms. The topological polar surface area (TPSA) is 47.3 Å². The van der Waals surface area contributed by atoms with Crippen molar-refractivity contribution in [3.8, 4) is 17.2 Å². The van der Waals surface area contributed by atoms with Gasteiger partial charge in [0.05, 0.1) is 19.3 Å². The Bertz CT molecular complexity index is 753. The van der Waals surface area contributed by atoms with Crippen LogP contribution in [0.25, 0.3) is 11.5 Å². The maximum absolute atomic E-state index is 13.2. The van der Waals surface area contributed by atoms with Crippen LogP contribution in [0.3, 0.4) is 0 Å². The van der Waals surface area contributed by atoms with Crippen molar-refractivity contribution in [3.63, 3.8) is 0 Å². The smallest absolute Gasteiger partial charge is 0.226 e. The Balaban J connectivity index is 1.66. The van der Waals surface area contributed by atoms with Gasteiger partial charge < -0.3 is 14.5 Å². The monoisotopic (exact) mass is 298 g/mol. The lowest BCUT2D eigenvalue weighted by Crippen LogP contribution is -1.99. The molecule has 4 nitrogen and oxygen atoms in total. The van der Waals surface area contributed by atoms with E-state index in [1.165, 1.54) is 12.1 Å². The third-order valence-corrected chi connectivity index (χ3v) is 3.19. The van der Waals surface area contributed by atoms with E-state index in [0.717, 1.165) is 17.1 Å². The number of rotatable bonds is 5. The van der Waals surface area contributed by atoms with E-state index >= 15 is 0 Å². The number of hydrogen-bond donors (Lipinski definition) is 1. The quantitative estimate of drug-likeness (QED) is 0.770. The average molecular weight is 298 g/mol. The Morgan fingerprint density at radius 3 is 2.73 bits per heavy atom. The molecule has 0 fully saturated rings. The highest BCUT2D eigenvalue weighted by Crippen LogP contribution is 2.20. The molecule has 0 aliphatic heterocycles. The van der Waals surface area contributed by atoms with Crippen molar-refractivity contribution in [1.29, 1.82) is 0 Å². The van der Waals surface area contributed by atoms with Crippen molar-refractivity contribution in [3.05, 3.63) is 66.3 Å². The first kappa shape index (κ1) is 14.1. The molecular formula is C17H15FN2O2. The van der Waals surface area contributed by atoms with E-state index in [9.17, 15) is 4.39 Å². The first-order valence-corrected chi connectivity index (χ1v) is 6.83. The van der Waals surface area contributed by atoms with Crippen LogP contribution in [-0.2, 0) is 6.54 Å². The third-order valence-electron chi connectivity index (χ3n) is 3.19. The van der Waals surface area contributed by atoms with Gasteiger partial charge in [-0.3, -0.25) is 0 Å². The van der Waals surface area contributed by atoms with Crippen molar-refractivity contribution in [2.24, 2.45) is 0 Å². The van der Waals surface area contributed by atoms with Crippen LogP contribution in [0.5, 0.6) is 5.75 Å². The number of aromatic nitrogens is 1. The fourth-order valence-corrected chi connectivity index (χ4v) is 2.04. The molecule has 0 unspecified atom stereocenters. The zero-order valence-electron chi connectivity index (χ0n) is 12.0. The molecule has 5 heteroatoms. The molecule has 3 aromatic rings. The molecule has 1 N–H and O–H groups in total. The first-order chi connectivity index (χ1) is 10.7. The van der Waals surface area contributed by atoms with Gasteiger partial charge in [-0.15, -0.1) is 0 Å². The summed E-state index contributed by atoms with van der Waals surface area (Å²) in [6.45, 7) is 0.519.